The fourth-order valence-electron chi connectivity index (χ4n) is 3.44. The molecule has 0 aliphatic heterocycles. The predicted molar refractivity (Wildman–Crippen MR) is 127 cm³/mol. The van der Waals surface area contributed by atoms with Crippen molar-refractivity contribution in [3.8, 4) is 0 Å². The maximum atomic E-state index is 3.45. The average molecular weight is 500 g/mol. The van der Waals surface area contributed by atoms with Crippen molar-refractivity contribution in [2.45, 2.75) is 4.25 Å². The third kappa shape index (κ3) is 5.29. The normalized spacial score (nSPS) is 12.3. The summed E-state index contributed by atoms with van der Waals surface area (Å²) in [7, 11) is -0.873. The molecular weight excluding hydrogens is 477 g/mol. The van der Waals surface area contributed by atoms with Crippen LogP contribution in [-0.4, -0.2) is 10.4 Å². The van der Waals surface area contributed by atoms with Crippen LogP contribution in [0.2, 0.25) is 0 Å². The molecule has 0 saturated heterocycles. The van der Waals surface area contributed by atoms with Crippen molar-refractivity contribution in [3.05, 3.63) is 121 Å². The number of hydrogen-bond donors (Lipinski definition) is 0. The molecule has 3 heteroatoms. The van der Waals surface area contributed by atoms with Gasteiger partial charge in [0.2, 0.25) is 0 Å². The predicted octanol–water partition coefficient (Wildman–Crippen LogP) is 5.13. The minimum atomic E-state index is -0.458. The Hall–Kier alpha value is -1.64. The van der Waals surface area contributed by atoms with Crippen LogP contribution in [0.4, 0.5) is 0 Å². The first-order chi connectivity index (χ1) is 14.3. The molecule has 4 rings (SSSR count). The molecule has 146 valence electrons. The zero-order chi connectivity index (χ0) is 19.9. The van der Waals surface area contributed by atoms with Crippen LogP contribution in [0.5, 0.6) is 0 Å². The molecule has 1 unspecified atom stereocenters. The molecule has 0 heterocycles. The summed E-state index contributed by atoms with van der Waals surface area (Å²) in [6, 6.07) is 44.1. The Morgan fingerprint density at radius 2 is 0.793 bits per heavy atom. The zero-order valence-electron chi connectivity index (χ0n) is 16.1. The molecule has 0 aliphatic carbocycles. The van der Waals surface area contributed by atoms with E-state index in [0.717, 1.165) is 6.16 Å². The summed E-state index contributed by atoms with van der Waals surface area (Å²) in [6.07, 6.45) is 1.14. The Bertz CT molecular complexity index is 913. The molecule has 0 saturated carbocycles. The zero-order valence-corrected chi connectivity index (χ0v) is 19.5. The Morgan fingerprint density at radius 3 is 1.14 bits per heavy atom. The van der Waals surface area contributed by atoms with Gasteiger partial charge in [-0.1, -0.05) is 0 Å². The van der Waals surface area contributed by atoms with Crippen LogP contribution < -0.4 is 21.2 Å². The van der Waals surface area contributed by atoms with Gasteiger partial charge in [-0.3, -0.25) is 0 Å². The van der Waals surface area contributed by atoms with Crippen molar-refractivity contribution in [2.75, 3.05) is 6.16 Å². The molecule has 29 heavy (non-hydrogen) atoms. The molecule has 0 radical (unpaired) electrons. The molecule has 0 spiro atoms. The Balaban J connectivity index is 1.70. The summed E-state index contributed by atoms with van der Waals surface area (Å²) >= 11 is 3.45. The van der Waals surface area contributed by atoms with E-state index in [1.165, 1.54) is 21.2 Å². The van der Waals surface area contributed by atoms with E-state index in [1.807, 2.05) is 0 Å². The summed E-state index contributed by atoms with van der Waals surface area (Å²) < 4.78 is 0.475. The van der Waals surface area contributed by atoms with Gasteiger partial charge in [0.15, 0.2) is 0 Å². The standard InChI is InChI=1S/C26H23P2.Rh/c1-5-13-23(14-6-1)27(24-15-7-2-8-16-24)21-22-28(25-17-9-3-10-18-25)26-19-11-4-12-20-26;/h1-21H,22H2;. The van der Waals surface area contributed by atoms with E-state index in [4.69, 9.17) is 0 Å². The monoisotopic (exact) mass is 500 g/mol. The van der Waals surface area contributed by atoms with Crippen molar-refractivity contribution in [3.63, 3.8) is 0 Å². The Labute approximate surface area is 186 Å². The second kappa shape index (κ2) is 10.4. The molecule has 0 bridgehead atoms. The van der Waals surface area contributed by atoms with Crippen molar-refractivity contribution in [1.29, 1.82) is 0 Å². The van der Waals surface area contributed by atoms with Gasteiger partial charge in [0.1, 0.15) is 0 Å². The van der Waals surface area contributed by atoms with Crippen LogP contribution >= 0.6 is 15.8 Å². The van der Waals surface area contributed by atoms with E-state index in [9.17, 15) is 0 Å². The van der Waals surface area contributed by atoms with Crippen LogP contribution in [0.1, 0.15) is 0 Å². The summed E-state index contributed by atoms with van der Waals surface area (Å²) in [6.45, 7) is 0. The quantitative estimate of drug-likeness (QED) is 0.244. The van der Waals surface area contributed by atoms with Crippen molar-refractivity contribution < 1.29 is 18.3 Å². The first kappa shape index (κ1) is 20.6. The van der Waals surface area contributed by atoms with Crippen LogP contribution in [0.15, 0.2) is 121 Å². The van der Waals surface area contributed by atoms with Gasteiger partial charge in [0.05, 0.1) is 0 Å². The molecule has 0 fully saturated rings. The second-order valence-corrected chi connectivity index (χ2v) is 13.2. The molecule has 0 aliphatic rings. The summed E-state index contributed by atoms with van der Waals surface area (Å²) in [5, 5.41) is 5.79. The van der Waals surface area contributed by atoms with Gasteiger partial charge in [0, 0.05) is 0 Å². The van der Waals surface area contributed by atoms with Crippen molar-refractivity contribution >= 4 is 37.1 Å². The third-order valence-corrected chi connectivity index (χ3v) is 12.2. The minimum absolute atomic E-state index is 0.415. The first-order valence-corrected chi connectivity index (χ1v) is 13.6. The molecule has 0 amide bonds. The maximum absolute atomic E-state index is 3.45. The Kier molecular flexibility index (Phi) is 7.40. The van der Waals surface area contributed by atoms with Crippen LogP contribution in [-0.2, 0) is 18.3 Å². The first-order valence-electron chi connectivity index (χ1n) is 9.71. The topological polar surface area (TPSA) is 0 Å². The molecule has 1 atom stereocenters. The molecule has 4 aromatic rings. The van der Waals surface area contributed by atoms with Gasteiger partial charge in [-0.25, -0.2) is 0 Å². The van der Waals surface area contributed by atoms with Crippen LogP contribution in [0, 0.1) is 0 Å². The van der Waals surface area contributed by atoms with Gasteiger partial charge < -0.3 is 0 Å². The van der Waals surface area contributed by atoms with E-state index in [0.29, 0.717) is 4.25 Å². The third-order valence-electron chi connectivity index (χ3n) is 4.80. The summed E-state index contributed by atoms with van der Waals surface area (Å²) in [5.41, 5.74) is 0. The van der Waals surface area contributed by atoms with Crippen molar-refractivity contribution in [2.24, 2.45) is 0 Å². The van der Waals surface area contributed by atoms with Gasteiger partial charge in [-0.05, 0) is 0 Å². The Morgan fingerprint density at radius 1 is 0.483 bits per heavy atom. The van der Waals surface area contributed by atoms with E-state index < -0.39 is 15.8 Å². The van der Waals surface area contributed by atoms with Gasteiger partial charge >= 0.3 is 187 Å². The number of rotatable bonds is 7. The summed E-state index contributed by atoms with van der Waals surface area (Å²) in [5.74, 6) is 0. The van der Waals surface area contributed by atoms with Gasteiger partial charge in [-0.2, -0.15) is 0 Å². The van der Waals surface area contributed by atoms with E-state index >= 15 is 0 Å². The van der Waals surface area contributed by atoms with E-state index in [2.05, 4.69) is 140 Å². The van der Waals surface area contributed by atoms with Crippen LogP contribution in [0.25, 0.3) is 0 Å². The SMILES string of the molecule is [Rh][CH](CP(c1ccccc1)c1ccccc1)P(c1ccccc1)c1ccccc1. The summed E-state index contributed by atoms with van der Waals surface area (Å²) in [4.78, 5) is 0. The molecular formula is C26H23P2Rh. The van der Waals surface area contributed by atoms with Gasteiger partial charge in [0.25, 0.3) is 0 Å². The molecule has 4 aromatic carbocycles. The fourth-order valence-corrected chi connectivity index (χ4v) is 10.9. The second-order valence-electron chi connectivity index (χ2n) is 6.73. The van der Waals surface area contributed by atoms with Crippen LogP contribution in [0.3, 0.4) is 0 Å². The molecule has 0 N–H and O–H groups in total. The molecule has 0 aromatic heterocycles. The number of hydrogen-bond acceptors (Lipinski definition) is 0. The van der Waals surface area contributed by atoms with E-state index in [-0.39, 0.29) is 0 Å². The van der Waals surface area contributed by atoms with Crippen molar-refractivity contribution in [1.82, 2.24) is 0 Å². The van der Waals surface area contributed by atoms with Gasteiger partial charge in [-0.15, -0.1) is 0 Å². The fraction of sp³-hybridized carbons (Fsp3) is 0.0769. The van der Waals surface area contributed by atoms with E-state index in [1.54, 1.807) is 0 Å². The molecule has 0 nitrogen and oxygen atoms in total. The number of benzene rings is 4. The average Bonchev–Trinajstić information content (AvgIpc) is 2.80.